The van der Waals surface area contributed by atoms with Crippen LogP contribution >= 0.6 is 0 Å². The molecule has 5 nitrogen and oxygen atoms in total. The number of aromatic nitrogens is 1. The predicted octanol–water partition coefficient (Wildman–Crippen LogP) is 1.92. The van der Waals surface area contributed by atoms with Gasteiger partial charge >= 0.3 is 6.09 Å². The van der Waals surface area contributed by atoms with Gasteiger partial charge in [-0.25, -0.2) is 4.79 Å². The zero-order valence-corrected chi connectivity index (χ0v) is 11.7. The minimum Gasteiger partial charge on any atom is -0.447 e. The Balaban J connectivity index is 1.85. The highest BCUT2D eigenvalue weighted by molar-refractivity contribution is 5.84. The van der Waals surface area contributed by atoms with Gasteiger partial charge in [0.05, 0.1) is 8.78 Å². The highest BCUT2D eigenvalue weighted by Crippen LogP contribution is 2.21. The molecule has 3 rings (SSSR count). The second-order valence-electron chi connectivity index (χ2n) is 5.14. The highest BCUT2D eigenvalue weighted by Gasteiger charge is 2.22. The molecule has 1 aromatic heterocycles. The van der Waals surface area contributed by atoms with Gasteiger partial charge in [-0.3, -0.25) is 0 Å². The highest BCUT2D eigenvalue weighted by atomic mass is 16.6. The number of amides is 1. The summed E-state index contributed by atoms with van der Waals surface area (Å²) in [5.74, 6) is 0. The van der Waals surface area contributed by atoms with Gasteiger partial charge in [0, 0.05) is 27.8 Å². The Morgan fingerprint density at radius 1 is 1.62 bits per heavy atom. The fourth-order valence-electron chi connectivity index (χ4n) is 2.39. The van der Waals surface area contributed by atoms with Crippen LogP contribution < -0.4 is 5.31 Å². The Labute approximate surface area is 134 Å². The molecule has 1 fully saturated rings. The average Bonchev–Trinajstić information content (AvgIpc) is 3.00. The second-order valence-corrected chi connectivity index (χ2v) is 5.14. The summed E-state index contributed by atoms with van der Waals surface area (Å²) in [5.41, 5.74) is 2.13. The van der Waals surface area contributed by atoms with E-state index in [2.05, 4.69) is 4.74 Å². The maximum absolute atomic E-state index is 11.5. The van der Waals surface area contributed by atoms with Crippen LogP contribution in [0.3, 0.4) is 0 Å². The molecule has 2 aromatic rings. The first kappa shape index (κ1) is 7.84. The van der Waals surface area contributed by atoms with Crippen molar-refractivity contribution in [1.82, 2.24) is 15.2 Å². The fourth-order valence-corrected chi connectivity index (χ4v) is 2.39. The van der Waals surface area contributed by atoms with Crippen LogP contribution in [0.15, 0.2) is 24.4 Å². The van der Waals surface area contributed by atoms with Crippen molar-refractivity contribution in [3.8, 4) is 0 Å². The zero-order valence-electron chi connectivity index (χ0n) is 18.7. The quantitative estimate of drug-likeness (QED) is 0.886. The van der Waals surface area contributed by atoms with Crippen molar-refractivity contribution in [3.63, 3.8) is 0 Å². The van der Waals surface area contributed by atoms with E-state index in [-0.39, 0.29) is 13.0 Å². The third-order valence-corrected chi connectivity index (χ3v) is 3.46. The van der Waals surface area contributed by atoms with E-state index >= 15 is 0 Å². The van der Waals surface area contributed by atoms with Crippen molar-refractivity contribution in [2.75, 3.05) is 27.1 Å². The van der Waals surface area contributed by atoms with Gasteiger partial charge in [-0.2, -0.15) is 0 Å². The first-order valence-corrected chi connectivity index (χ1v) is 6.74. The number of ether oxygens (including phenoxy) is 1. The SMILES string of the molecule is [2H]N1C(=O)OC([2H])([2H])[C@@H]1Cc1ccc2c(c1)c(CCN(C)C([2H])([2H])[2H])cn2[2H]. The maximum Gasteiger partial charge on any atom is 0.407 e. The number of fused-ring (bicyclic) bond motifs is 1. The minimum absolute atomic E-state index is 0.0793. The Morgan fingerprint density at radius 2 is 2.52 bits per heavy atom. The number of nitrogens with zero attached hydrogens (tertiary/aromatic N) is 1. The number of carbonyl (C=O) groups excluding carboxylic acids is 1. The van der Waals surface area contributed by atoms with Crippen molar-refractivity contribution in [2.24, 2.45) is 0 Å². The van der Waals surface area contributed by atoms with Crippen LogP contribution in [-0.2, 0) is 17.6 Å². The van der Waals surface area contributed by atoms with Crippen LogP contribution in [0, 0.1) is 0 Å². The molecule has 0 radical (unpaired) electrons. The summed E-state index contributed by atoms with van der Waals surface area (Å²) in [4.78, 5) is 14.0. The molecule has 2 heterocycles. The number of alkyl carbamates (subject to hydrolysis) is 1. The number of likely N-dealkylation sites (N-methyl/N-ethyl adjacent to an activating group) is 1. The average molecular weight is 294 g/mol. The molecule has 0 bridgehead atoms. The van der Waals surface area contributed by atoms with Gasteiger partial charge in [-0.1, -0.05) is 6.07 Å². The molecule has 1 amide bonds. The molecule has 5 heteroatoms. The smallest absolute Gasteiger partial charge is 0.407 e. The van der Waals surface area contributed by atoms with Gasteiger partial charge in [-0.15, -0.1) is 0 Å². The standard InChI is InChI=1S/C16H21N3O2/c1-19(2)6-5-12-9-17-15-4-3-11(8-14(12)15)7-13-10-21-16(20)18-13/h3-4,8-9,13,17H,5-7,10H2,1-2H3,(H,18,20)/t13-/m0/s1/i1D3,10D2/hD2. The van der Waals surface area contributed by atoms with Crippen LogP contribution in [0.1, 0.15) is 18.0 Å². The maximum atomic E-state index is 11.5. The normalized spacial score (nSPS) is 26.6. The molecule has 1 aromatic carbocycles. The monoisotopic (exact) mass is 294 g/mol. The van der Waals surface area contributed by atoms with Gasteiger partial charge in [0.1, 0.15) is 6.56 Å². The van der Waals surface area contributed by atoms with E-state index in [0.717, 1.165) is 10.9 Å². The number of carbonyl (C=O) groups is 1. The lowest BCUT2D eigenvalue weighted by molar-refractivity contribution is 0.177. The number of H-pyrrole nitrogens is 1. The van der Waals surface area contributed by atoms with Gasteiger partial charge < -0.3 is 19.9 Å². The summed E-state index contributed by atoms with van der Waals surface area (Å²) < 4.78 is 58.2. The topological polar surface area (TPSA) is 57.4 Å². The summed E-state index contributed by atoms with van der Waals surface area (Å²) in [6.45, 7) is -4.17. The minimum atomic E-state index is -2.26. The van der Waals surface area contributed by atoms with E-state index < -0.39 is 25.7 Å². The molecular weight excluding hydrogens is 266 g/mol. The molecule has 0 spiro atoms. The lowest BCUT2D eigenvalue weighted by Gasteiger charge is -2.09. The molecule has 112 valence electrons. The molecule has 1 aliphatic heterocycles. The molecule has 21 heavy (non-hydrogen) atoms. The fraction of sp³-hybridized carbons (Fsp3) is 0.438. The summed E-state index contributed by atoms with van der Waals surface area (Å²) in [6.07, 6.45) is 1.11. The molecular formula is C16H21N3O2. The van der Waals surface area contributed by atoms with Crippen LogP contribution in [0.25, 0.3) is 10.9 Å². The lowest BCUT2D eigenvalue weighted by Crippen LogP contribution is -2.28. The van der Waals surface area contributed by atoms with Gasteiger partial charge in [-0.05, 0) is 50.1 Å². The summed E-state index contributed by atoms with van der Waals surface area (Å²) in [7, 11) is 1.51. The van der Waals surface area contributed by atoms with Crippen LogP contribution in [0.2, 0.25) is 2.82 Å². The number of nitrogens with one attached hydrogen (secondary N) is 2. The van der Waals surface area contributed by atoms with Crippen molar-refractivity contribution in [2.45, 2.75) is 18.9 Å². The Bertz CT molecular complexity index is 896. The summed E-state index contributed by atoms with van der Waals surface area (Å²) in [6, 6.07) is 4.15. The largest absolute Gasteiger partial charge is 0.447 e. The number of cyclic esters (lactones) is 1. The van der Waals surface area contributed by atoms with Crippen LogP contribution in [0.4, 0.5) is 4.79 Å². The van der Waals surface area contributed by atoms with E-state index in [1.54, 1.807) is 24.4 Å². The molecule has 0 saturated carbocycles. The number of hydrogen-bond acceptors (Lipinski definition) is 3. The van der Waals surface area contributed by atoms with Crippen molar-refractivity contribution in [3.05, 3.63) is 35.5 Å². The lowest BCUT2D eigenvalue weighted by atomic mass is 10.0. The van der Waals surface area contributed by atoms with E-state index in [4.69, 9.17) is 9.68 Å². The Morgan fingerprint density at radius 3 is 3.29 bits per heavy atom. The second kappa shape index (κ2) is 5.77. The molecule has 0 aliphatic carbocycles. The Kier molecular flexibility index (Phi) is 2.16. The predicted molar refractivity (Wildman–Crippen MR) is 82.5 cm³/mol. The number of benzene rings is 1. The molecule has 2 N–H and O–H groups in total. The van der Waals surface area contributed by atoms with Gasteiger partial charge in [0.25, 0.3) is 0 Å². The first-order chi connectivity index (χ1) is 12.9. The number of rotatable bonds is 5. The Hall–Kier alpha value is -2.01. The summed E-state index contributed by atoms with van der Waals surface area (Å²) >= 11 is 0. The van der Waals surface area contributed by atoms with Crippen LogP contribution in [0.5, 0.6) is 0 Å². The number of hydrogen-bond donors (Lipinski definition) is 2. The first-order valence-electron chi connectivity index (χ1n) is 10.1. The van der Waals surface area contributed by atoms with Crippen molar-refractivity contribution in [1.29, 1.82) is 0 Å². The van der Waals surface area contributed by atoms with Crippen LogP contribution in [-0.4, -0.2) is 49.1 Å². The van der Waals surface area contributed by atoms with E-state index in [1.807, 2.05) is 0 Å². The third-order valence-electron chi connectivity index (χ3n) is 3.46. The number of aromatic amines is 1. The molecule has 1 aliphatic rings. The van der Waals surface area contributed by atoms with E-state index in [9.17, 15) is 4.79 Å². The van der Waals surface area contributed by atoms with Crippen molar-refractivity contribution < 1.29 is 19.2 Å². The van der Waals surface area contributed by atoms with E-state index in [1.165, 1.54) is 16.9 Å². The van der Waals surface area contributed by atoms with Gasteiger partial charge in [0.2, 0.25) is 0 Å². The van der Waals surface area contributed by atoms with E-state index in [0.29, 0.717) is 22.8 Å². The van der Waals surface area contributed by atoms with Gasteiger partial charge in [0.15, 0.2) is 2.82 Å². The van der Waals surface area contributed by atoms with Crippen molar-refractivity contribution >= 4 is 17.0 Å². The molecule has 1 saturated heterocycles. The zero-order chi connectivity index (χ0) is 20.9. The summed E-state index contributed by atoms with van der Waals surface area (Å²) in [5, 5.41) is 1.26. The third kappa shape index (κ3) is 3.19. The molecule has 0 unspecified atom stereocenters. The molecule has 1 atom stereocenters.